The lowest BCUT2D eigenvalue weighted by molar-refractivity contribution is -0.137. The number of carbonyl (C=O) groups excluding carboxylic acids is 1. The van der Waals surface area contributed by atoms with E-state index in [9.17, 15) is 18.0 Å². The lowest BCUT2D eigenvalue weighted by Gasteiger charge is -2.24. The van der Waals surface area contributed by atoms with Crippen LogP contribution in [0.3, 0.4) is 0 Å². The number of likely N-dealkylation sites (N-methyl/N-ethyl adjacent to an activating group) is 1. The molecule has 3 nitrogen and oxygen atoms in total. The minimum atomic E-state index is -4.39. The van der Waals surface area contributed by atoms with E-state index in [-0.39, 0.29) is 5.91 Å². The summed E-state index contributed by atoms with van der Waals surface area (Å²) < 4.78 is 44.7. The Hall–Kier alpha value is -3.28. The van der Waals surface area contributed by atoms with E-state index < -0.39 is 17.8 Å². The van der Waals surface area contributed by atoms with Crippen LogP contribution in [0.1, 0.15) is 48.6 Å². The van der Waals surface area contributed by atoms with Crippen LogP contribution in [0.25, 0.3) is 0 Å². The molecule has 3 rings (SSSR count). The van der Waals surface area contributed by atoms with Gasteiger partial charge in [-0.05, 0) is 53.3 Å². The molecule has 0 aliphatic rings. The molecule has 6 heteroatoms. The van der Waals surface area contributed by atoms with Crippen LogP contribution in [0.15, 0.2) is 78.9 Å². The zero-order valence-corrected chi connectivity index (χ0v) is 20.4. The zero-order chi connectivity index (χ0) is 25.4. The van der Waals surface area contributed by atoms with Crippen LogP contribution in [0.5, 0.6) is 5.75 Å². The molecule has 3 aromatic rings. The second-order valence-electron chi connectivity index (χ2n) is 9.23. The number of amides is 1. The molecule has 0 N–H and O–H groups in total. The first-order chi connectivity index (χ1) is 16.6. The molecule has 1 atom stereocenters. The number of nitrogens with zero attached hydrogens (tertiary/aromatic N) is 1. The van der Waals surface area contributed by atoms with Gasteiger partial charge < -0.3 is 9.64 Å². The number of halogens is 3. The molecule has 0 aliphatic carbocycles. The van der Waals surface area contributed by atoms with Crippen LogP contribution in [-0.4, -0.2) is 24.4 Å². The van der Waals surface area contributed by atoms with E-state index >= 15 is 0 Å². The smallest absolute Gasteiger partial charge is 0.416 e. The minimum Gasteiger partial charge on any atom is -0.486 e. The monoisotopic (exact) mass is 483 g/mol. The topological polar surface area (TPSA) is 29.5 Å². The van der Waals surface area contributed by atoms with E-state index in [2.05, 4.69) is 26.0 Å². The van der Waals surface area contributed by atoms with Crippen molar-refractivity contribution < 1.29 is 22.7 Å². The summed E-state index contributed by atoms with van der Waals surface area (Å²) in [5.41, 5.74) is 2.41. The Bertz CT molecular complexity index is 1060. The largest absolute Gasteiger partial charge is 0.486 e. The number of ether oxygens (including phenoxy) is 1. The molecular weight excluding hydrogens is 451 g/mol. The molecule has 0 radical (unpaired) electrons. The van der Waals surface area contributed by atoms with Gasteiger partial charge in [0.1, 0.15) is 11.9 Å². The molecule has 186 valence electrons. The summed E-state index contributed by atoms with van der Waals surface area (Å²) in [6.07, 6.45) is -2.98. The summed E-state index contributed by atoms with van der Waals surface area (Å²) in [6, 6.07) is 22.3. The molecule has 0 aromatic heterocycles. The van der Waals surface area contributed by atoms with Gasteiger partial charge >= 0.3 is 6.18 Å². The van der Waals surface area contributed by atoms with Crippen LogP contribution in [-0.2, 0) is 23.8 Å². The van der Waals surface area contributed by atoms with E-state index in [0.717, 1.165) is 29.7 Å². The SMILES string of the molecule is CC(C)Cc1ccc(CC(=O)N(C)CC[C@@H](Oc2ccc(C(F)(F)F)cc2)c2ccccc2)cc1. The summed E-state index contributed by atoms with van der Waals surface area (Å²) in [5.74, 6) is 0.932. The van der Waals surface area contributed by atoms with Crippen LogP contribution in [0.2, 0.25) is 0 Å². The number of hydrogen-bond acceptors (Lipinski definition) is 2. The van der Waals surface area contributed by atoms with Gasteiger partial charge in [0.15, 0.2) is 0 Å². The first-order valence-corrected chi connectivity index (χ1v) is 11.8. The number of rotatable bonds is 10. The highest BCUT2D eigenvalue weighted by atomic mass is 19.4. The fraction of sp³-hybridized carbons (Fsp3) is 0.345. The lowest BCUT2D eigenvalue weighted by Crippen LogP contribution is -2.30. The van der Waals surface area contributed by atoms with Gasteiger partial charge in [-0.2, -0.15) is 13.2 Å². The van der Waals surface area contributed by atoms with Crippen molar-refractivity contribution in [2.24, 2.45) is 5.92 Å². The fourth-order valence-electron chi connectivity index (χ4n) is 3.86. The second-order valence-corrected chi connectivity index (χ2v) is 9.23. The van der Waals surface area contributed by atoms with Crippen molar-refractivity contribution in [1.82, 2.24) is 4.90 Å². The van der Waals surface area contributed by atoms with Gasteiger partial charge in [0.25, 0.3) is 0 Å². The van der Waals surface area contributed by atoms with Crippen molar-refractivity contribution in [3.63, 3.8) is 0 Å². The molecule has 1 amide bonds. The van der Waals surface area contributed by atoms with E-state index in [1.807, 2.05) is 42.5 Å². The summed E-state index contributed by atoms with van der Waals surface area (Å²) in [4.78, 5) is 14.5. The van der Waals surface area contributed by atoms with Crippen LogP contribution >= 0.6 is 0 Å². The second kappa shape index (κ2) is 11.9. The van der Waals surface area contributed by atoms with Crippen LogP contribution < -0.4 is 4.74 Å². The molecular formula is C29H32F3NO2. The first kappa shape index (κ1) is 26.3. The molecule has 0 spiro atoms. The van der Waals surface area contributed by atoms with Gasteiger partial charge in [0.2, 0.25) is 5.91 Å². The highest BCUT2D eigenvalue weighted by molar-refractivity contribution is 5.78. The van der Waals surface area contributed by atoms with Gasteiger partial charge in [0, 0.05) is 20.0 Å². The third-order valence-corrected chi connectivity index (χ3v) is 5.81. The van der Waals surface area contributed by atoms with Gasteiger partial charge in [0.05, 0.1) is 12.0 Å². The Morgan fingerprint density at radius 3 is 2.06 bits per heavy atom. The van der Waals surface area contributed by atoms with E-state index in [4.69, 9.17) is 4.74 Å². The quantitative estimate of drug-likeness (QED) is 0.307. The zero-order valence-electron chi connectivity index (χ0n) is 20.4. The maximum absolute atomic E-state index is 12.9. The molecule has 0 heterocycles. The average Bonchev–Trinajstić information content (AvgIpc) is 2.82. The predicted molar refractivity (Wildman–Crippen MR) is 132 cm³/mol. The van der Waals surface area contributed by atoms with Gasteiger partial charge in [-0.3, -0.25) is 4.79 Å². The van der Waals surface area contributed by atoms with E-state index in [1.54, 1.807) is 11.9 Å². The minimum absolute atomic E-state index is 0.00273. The van der Waals surface area contributed by atoms with E-state index in [0.29, 0.717) is 31.1 Å². The van der Waals surface area contributed by atoms with Crippen molar-refractivity contribution in [3.8, 4) is 5.75 Å². The highest BCUT2D eigenvalue weighted by Crippen LogP contribution is 2.32. The van der Waals surface area contributed by atoms with Gasteiger partial charge in [-0.15, -0.1) is 0 Å². The Morgan fingerprint density at radius 2 is 1.49 bits per heavy atom. The molecule has 35 heavy (non-hydrogen) atoms. The van der Waals surface area contributed by atoms with Crippen LogP contribution in [0.4, 0.5) is 13.2 Å². The van der Waals surface area contributed by atoms with Crippen molar-refractivity contribution in [3.05, 3.63) is 101 Å². The third-order valence-electron chi connectivity index (χ3n) is 5.81. The highest BCUT2D eigenvalue weighted by Gasteiger charge is 2.30. The fourth-order valence-corrected chi connectivity index (χ4v) is 3.86. The first-order valence-electron chi connectivity index (χ1n) is 11.8. The molecule has 0 fully saturated rings. The van der Waals surface area contributed by atoms with Gasteiger partial charge in [-0.1, -0.05) is 68.4 Å². The van der Waals surface area contributed by atoms with Crippen LogP contribution in [0, 0.1) is 5.92 Å². The number of carbonyl (C=O) groups is 1. The molecule has 3 aromatic carbocycles. The standard InChI is InChI=1S/C29H32F3NO2/c1-21(2)19-22-9-11-23(12-10-22)20-28(34)33(3)18-17-27(24-7-5-4-6-8-24)35-26-15-13-25(14-16-26)29(30,31)32/h4-16,21,27H,17-20H2,1-3H3/t27-/m1/s1. The Labute approximate surface area is 205 Å². The summed E-state index contributed by atoms with van der Waals surface area (Å²) >= 11 is 0. The normalized spacial score (nSPS) is 12.4. The summed E-state index contributed by atoms with van der Waals surface area (Å²) in [5, 5.41) is 0. The van der Waals surface area contributed by atoms with E-state index in [1.165, 1.54) is 17.7 Å². The van der Waals surface area contributed by atoms with Gasteiger partial charge in [-0.25, -0.2) is 0 Å². The molecule has 0 aliphatic heterocycles. The van der Waals surface area contributed by atoms with Crippen molar-refractivity contribution in [2.75, 3.05) is 13.6 Å². The Morgan fingerprint density at radius 1 is 0.886 bits per heavy atom. The average molecular weight is 484 g/mol. The molecule has 0 saturated heterocycles. The maximum atomic E-state index is 12.9. The maximum Gasteiger partial charge on any atom is 0.416 e. The Kier molecular flexibility index (Phi) is 8.96. The molecule has 0 unspecified atom stereocenters. The predicted octanol–water partition coefficient (Wildman–Crippen LogP) is 7.12. The third kappa shape index (κ3) is 8.16. The molecule has 0 bridgehead atoms. The molecule has 0 saturated carbocycles. The summed E-state index contributed by atoms with van der Waals surface area (Å²) in [6.45, 7) is 4.80. The number of alkyl halides is 3. The number of hydrogen-bond donors (Lipinski definition) is 0. The summed E-state index contributed by atoms with van der Waals surface area (Å²) in [7, 11) is 1.76. The Balaban J connectivity index is 1.62. The van der Waals surface area contributed by atoms with Crippen molar-refractivity contribution in [1.29, 1.82) is 0 Å². The number of benzene rings is 3. The van der Waals surface area contributed by atoms with Crippen molar-refractivity contribution >= 4 is 5.91 Å². The lowest BCUT2D eigenvalue weighted by atomic mass is 10.0. The van der Waals surface area contributed by atoms with Crippen molar-refractivity contribution in [2.45, 2.75) is 45.4 Å².